The molecule has 2 aromatic rings. The third kappa shape index (κ3) is 3.15. The Labute approximate surface area is 167 Å². The fraction of sp³-hybridized carbons (Fsp3) is 0.458. The van der Waals surface area contributed by atoms with Crippen LogP contribution in [0.15, 0.2) is 24.3 Å². The number of benzene rings is 2. The number of unbranched alkanes of at least 4 members (excludes halogenated alkanes) is 2. The Morgan fingerprint density at radius 1 is 1.21 bits per heavy atom. The van der Waals surface area contributed by atoms with E-state index in [1.807, 2.05) is 26.8 Å². The summed E-state index contributed by atoms with van der Waals surface area (Å²) >= 11 is 0. The number of ether oxygens (including phenoxy) is 1. The number of hydrogen-bond acceptors (Lipinski definition) is 3. The van der Waals surface area contributed by atoms with E-state index in [1.54, 1.807) is 4.90 Å². The predicted molar refractivity (Wildman–Crippen MR) is 111 cm³/mol. The molecular formula is C24H29NO3. The fourth-order valence-corrected chi connectivity index (χ4v) is 4.17. The Morgan fingerprint density at radius 2 is 1.96 bits per heavy atom. The van der Waals surface area contributed by atoms with Crippen LogP contribution in [0.25, 0.3) is 11.1 Å². The van der Waals surface area contributed by atoms with Gasteiger partial charge in [0.2, 0.25) is 0 Å². The summed E-state index contributed by atoms with van der Waals surface area (Å²) < 4.78 is 6.34. The van der Waals surface area contributed by atoms with E-state index in [2.05, 4.69) is 25.1 Å². The molecule has 0 unspecified atom stereocenters. The number of carbonyl (C=O) groups excluding carboxylic acids is 1. The average molecular weight is 380 g/mol. The summed E-state index contributed by atoms with van der Waals surface area (Å²) in [6.07, 6.45) is 3.98. The molecule has 0 aliphatic carbocycles. The molecule has 1 N–H and O–H groups in total. The highest BCUT2D eigenvalue weighted by atomic mass is 16.5. The minimum absolute atomic E-state index is 0.0640. The van der Waals surface area contributed by atoms with Crippen molar-refractivity contribution >= 4 is 5.91 Å². The maximum absolute atomic E-state index is 13.0. The van der Waals surface area contributed by atoms with Gasteiger partial charge in [0.15, 0.2) is 0 Å². The Balaban J connectivity index is 1.92. The highest BCUT2D eigenvalue weighted by Crippen LogP contribution is 2.51. The fourth-order valence-electron chi connectivity index (χ4n) is 4.17. The second-order valence-electron chi connectivity index (χ2n) is 8.54. The van der Waals surface area contributed by atoms with Gasteiger partial charge in [-0.15, -0.1) is 0 Å². The van der Waals surface area contributed by atoms with Crippen LogP contribution < -0.4 is 4.74 Å². The molecule has 4 rings (SSSR count). The molecule has 1 fully saturated rings. The lowest BCUT2D eigenvalue weighted by Crippen LogP contribution is -2.30. The van der Waals surface area contributed by atoms with Crippen molar-refractivity contribution in [2.24, 2.45) is 0 Å². The van der Waals surface area contributed by atoms with Gasteiger partial charge in [0.1, 0.15) is 17.1 Å². The molecule has 0 spiro atoms. The van der Waals surface area contributed by atoms with E-state index in [0.29, 0.717) is 16.9 Å². The summed E-state index contributed by atoms with van der Waals surface area (Å²) in [7, 11) is 0. The Kier molecular flexibility index (Phi) is 4.60. The summed E-state index contributed by atoms with van der Waals surface area (Å²) in [5, 5.41) is 11.3. The molecule has 2 heterocycles. The summed E-state index contributed by atoms with van der Waals surface area (Å²) in [4.78, 5) is 14.8. The number of amides is 1. The molecule has 1 saturated heterocycles. The highest BCUT2D eigenvalue weighted by molar-refractivity contribution is 6.03. The number of phenolic OH excluding ortho intramolecular Hbond substituents is 1. The molecule has 0 saturated carbocycles. The zero-order valence-electron chi connectivity index (χ0n) is 17.3. The SMILES string of the molecule is CCCCCc1cc2c(c(O)c1C(=O)N1CC1)-c1cc(C)ccc1C(C)(C)O2. The van der Waals surface area contributed by atoms with Crippen molar-refractivity contribution in [3.8, 4) is 22.6 Å². The number of carbonyl (C=O) groups is 1. The van der Waals surface area contributed by atoms with Crippen molar-refractivity contribution < 1.29 is 14.6 Å². The van der Waals surface area contributed by atoms with E-state index in [0.717, 1.165) is 61.0 Å². The molecule has 0 aromatic heterocycles. The first kappa shape index (κ1) is 18.9. The lowest BCUT2D eigenvalue weighted by molar-refractivity contribution is 0.0880. The molecule has 2 aliphatic heterocycles. The first-order valence-electron chi connectivity index (χ1n) is 10.3. The number of hydrogen-bond donors (Lipinski definition) is 1. The van der Waals surface area contributed by atoms with Gasteiger partial charge in [0.25, 0.3) is 5.91 Å². The van der Waals surface area contributed by atoms with Crippen molar-refractivity contribution in [2.75, 3.05) is 13.1 Å². The van der Waals surface area contributed by atoms with Crippen LogP contribution in [0, 0.1) is 6.92 Å². The molecule has 2 aromatic carbocycles. The van der Waals surface area contributed by atoms with Gasteiger partial charge < -0.3 is 14.7 Å². The Hall–Kier alpha value is -2.49. The second kappa shape index (κ2) is 6.84. The van der Waals surface area contributed by atoms with E-state index in [-0.39, 0.29) is 11.7 Å². The summed E-state index contributed by atoms with van der Waals surface area (Å²) in [6, 6.07) is 8.20. The largest absolute Gasteiger partial charge is 0.506 e. The molecule has 1 amide bonds. The molecule has 4 nitrogen and oxygen atoms in total. The Bertz CT molecular complexity index is 941. The van der Waals surface area contributed by atoms with Crippen molar-refractivity contribution in [1.82, 2.24) is 4.90 Å². The molecule has 4 heteroatoms. The van der Waals surface area contributed by atoms with Crippen molar-refractivity contribution in [3.63, 3.8) is 0 Å². The topological polar surface area (TPSA) is 49.5 Å². The summed E-state index contributed by atoms with van der Waals surface area (Å²) in [6.45, 7) is 9.84. The van der Waals surface area contributed by atoms with Crippen LogP contribution in [-0.4, -0.2) is 29.0 Å². The number of nitrogens with zero attached hydrogens (tertiary/aromatic N) is 1. The molecule has 148 valence electrons. The van der Waals surface area contributed by atoms with Crippen LogP contribution >= 0.6 is 0 Å². The third-order valence-electron chi connectivity index (χ3n) is 5.80. The number of aromatic hydroxyl groups is 1. The third-order valence-corrected chi connectivity index (χ3v) is 5.80. The van der Waals surface area contributed by atoms with Crippen molar-refractivity contribution in [2.45, 2.75) is 59.0 Å². The highest BCUT2D eigenvalue weighted by Gasteiger charge is 2.38. The van der Waals surface area contributed by atoms with Gasteiger partial charge in [-0.2, -0.15) is 0 Å². The van der Waals surface area contributed by atoms with Crippen molar-refractivity contribution in [3.05, 3.63) is 46.5 Å². The second-order valence-corrected chi connectivity index (χ2v) is 8.54. The zero-order chi connectivity index (χ0) is 20.1. The van der Waals surface area contributed by atoms with Gasteiger partial charge in [0.05, 0.1) is 11.1 Å². The minimum atomic E-state index is -0.491. The predicted octanol–water partition coefficient (Wildman–Crippen LogP) is 5.18. The van der Waals surface area contributed by atoms with Gasteiger partial charge in [-0.05, 0) is 50.8 Å². The standard InChI is InChI=1S/C24H29NO3/c1-5-6-7-8-16-14-19-21(22(26)20(16)23(27)25-11-12-25)17-13-15(2)9-10-18(17)24(3,4)28-19/h9-10,13-14,26H,5-8,11-12H2,1-4H3. The molecule has 2 aliphatic rings. The van der Waals surface area contributed by atoms with Crippen LogP contribution in [0.2, 0.25) is 0 Å². The quantitative estimate of drug-likeness (QED) is 0.575. The van der Waals surface area contributed by atoms with E-state index < -0.39 is 5.60 Å². The molecule has 0 radical (unpaired) electrons. The first-order valence-corrected chi connectivity index (χ1v) is 10.3. The van der Waals surface area contributed by atoms with Gasteiger partial charge in [-0.25, -0.2) is 0 Å². The molecule has 28 heavy (non-hydrogen) atoms. The summed E-state index contributed by atoms with van der Waals surface area (Å²) in [5.41, 5.74) is 4.63. The van der Waals surface area contributed by atoms with Crippen molar-refractivity contribution in [1.29, 1.82) is 0 Å². The van der Waals surface area contributed by atoms with Gasteiger partial charge in [-0.1, -0.05) is 43.5 Å². The van der Waals surface area contributed by atoms with E-state index >= 15 is 0 Å². The first-order chi connectivity index (χ1) is 13.3. The normalized spacial score (nSPS) is 16.2. The summed E-state index contributed by atoms with van der Waals surface area (Å²) in [5.74, 6) is 0.684. The lowest BCUT2D eigenvalue weighted by Gasteiger charge is -2.36. The van der Waals surface area contributed by atoms with Gasteiger partial charge >= 0.3 is 0 Å². The molecule has 0 atom stereocenters. The monoisotopic (exact) mass is 379 g/mol. The van der Waals surface area contributed by atoms with E-state index in [1.165, 1.54) is 0 Å². The number of phenols is 1. The van der Waals surface area contributed by atoms with E-state index in [4.69, 9.17) is 4.74 Å². The molecule has 0 bridgehead atoms. The number of rotatable bonds is 5. The maximum atomic E-state index is 13.0. The smallest absolute Gasteiger partial charge is 0.258 e. The Morgan fingerprint density at radius 3 is 2.64 bits per heavy atom. The van der Waals surface area contributed by atoms with Gasteiger partial charge in [0, 0.05) is 18.7 Å². The van der Waals surface area contributed by atoms with Crippen LogP contribution in [0.1, 0.15) is 67.1 Å². The minimum Gasteiger partial charge on any atom is -0.506 e. The van der Waals surface area contributed by atoms with Crippen LogP contribution in [-0.2, 0) is 12.0 Å². The number of aryl methyl sites for hydroxylation is 2. The van der Waals surface area contributed by atoms with Gasteiger partial charge in [-0.3, -0.25) is 4.79 Å². The zero-order valence-corrected chi connectivity index (χ0v) is 17.3. The van der Waals surface area contributed by atoms with Crippen LogP contribution in [0.5, 0.6) is 11.5 Å². The average Bonchev–Trinajstić information content (AvgIpc) is 3.45. The van der Waals surface area contributed by atoms with Crippen LogP contribution in [0.4, 0.5) is 0 Å². The van der Waals surface area contributed by atoms with E-state index in [9.17, 15) is 9.90 Å². The lowest BCUT2D eigenvalue weighted by atomic mass is 9.83. The molecular weight excluding hydrogens is 350 g/mol. The maximum Gasteiger partial charge on any atom is 0.258 e. The number of fused-ring (bicyclic) bond motifs is 3. The van der Waals surface area contributed by atoms with Crippen LogP contribution in [0.3, 0.4) is 0 Å².